The fourth-order valence-corrected chi connectivity index (χ4v) is 4.46. The number of carbonyl (C=O) groups excluding carboxylic acids is 2. The zero-order valence-corrected chi connectivity index (χ0v) is 14.9. The summed E-state index contributed by atoms with van der Waals surface area (Å²) in [6.07, 6.45) is -1.48. The van der Waals surface area contributed by atoms with E-state index in [1.54, 1.807) is 37.3 Å². The zero-order valence-electron chi connectivity index (χ0n) is 14.1. The number of ether oxygens (including phenoxy) is 1. The lowest BCUT2D eigenvalue weighted by molar-refractivity contribution is -0.193. The van der Waals surface area contributed by atoms with Crippen LogP contribution in [0.3, 0.4) is 0 Å². The summed E-state index contributed by atoms with van der Waals surface area (Å²) in [6, 6.07) is 8.28. The van der Waals surface area contributed by atoms with Gasteiger partial charge in [-0.3, -0.25) is 14.5 Å². The summed E-state index contributed by atoms with van der Waals surface area (Å²) in [7, 11) is 1.26. The molecule has 0 radical (unpaired) electrons. The molecular weight excluding hydrogens is 360 g/mol. The van der Waals surface area contributed by atoms with Crippen LogP contribution in [0.2, 0.25) is 0 Å². The van der Waals surface area contributed by atoms with Gasteiger partial charge in [0.05, 0.1) is 0 Å². The van der Waals surface area contributed by atoms with Gasteiger partial charge in [-0.2, -0.15) is 0 Å². The molecule has 3 atom stereocenters. The Morgan fingerprint density at radius 2 is 2.04 bits per heavy atom. The van der Waals surface area contributed by atoms with Crippen LogP contribution in [0, 0.1) is 0 Å². The lowest BCUT2D eigenvalue weighted by Gasteiger charge is -2.55. The molecule has 138 valence electrons. The monoisotopic (exact) mass is 378 g/mol. The van der Waals surface area contributed by atoms with Gasteiger partial charge in [-0.05, 0) is 18.1 Å². The third kappa shape index (κ3) is 2.68. The molecule has 1 fully saturated rings. The van der Waals surface area contributed by atoms with E-state index < -0.39 is 35.0 Å². The number of β-lactam (4-membered cyclic amide) rings is 1. The van der Waals surface area contributed by atoms with Gasteiger partial charge in [0, 0.05) is 12.9 Å². The molecule has 1 aromatic carbocycles. The number of hydrogen-bond donors (Lipinski definition) is 3. The Bertz CT molecular complexity index is 796. The number of rotatable bonds is 5. The van der Waals surface area contributed by atoms with Crippen molar-refractivity contribution < 1.29 is 29.3 Å². The molecule has 0 aromatic heterocycles. The summed E-state index contributed by atoms with van der Waals surface area (Å²) in [5, 5.41) is 21.4. The first-order valence-corrected chi connectivity index (χ1v) is 8.87. The highest BCUT2D eigenvalue weighted by Crippen LogP contribution is 2.46. The molecule has 0 bridgehead atoms. The van der Waals surface area contributed by atoms with Gasteiger partial charge >= 0.3 is 5.97 Å². The molecule has 8 nitrogen and oxygen atoms in total. The normalized spacial score (nSPS) is 26.0. The third-order valence-corrected chi connectivity index (χ3v) is 5.88. The summed E-state index contributed by atoms with van der Waals surface area (Å²) >= 11 is 1.29. The number of amides is 2. The summed E-state index contributed by atoms with van der Waals surface area (Å²) in [5.41, 5.74) is -0.867. The van der Waals surface area contributed by atoms with E-state index in [1.807, 2.05) is 0 Å². The van der Waals surface area contributed by atoms with Gasteiger partial charge in [0.1, 0.15) is 11.1 Å². The third-order valence-electron chi connectivity index (χ3n) is 4.42. The van der Waals surface area contributed by atoms with Crippen LogP contribution in [-0.4, -0.2) is 56.9 Å². The topological polar surface area (TPSA) is 116 Å². The molecule has 0 saturated carbocycles. The summed E-state index contributed by atoms with van der Waals surface area (Å²) < 4.78 is 5.30. The average Bonchev–Trinajstić information content (AvgIpc) is 2.65. The highest BCUT2D eigenvalue weighted by atomic mass is 32.2. The molecule has 2 aliphatic rings. The van der Waals surface area contributed by atoms with Crippen molar-refractivity contribution in [3.8, 4) is 0 Å². The first kappa shape index (κ1) is 18.4. The van der Waals surface area contributed by atoms with Crippen LogP contribution in [0.4, 0.5) is 0 Å². The number of aliphatic hydroxyl groups is 1. The van der Waals surface area contributed by atoms with Crippen LogP contribution in [-0.2, 0) is 19.1 Å². The number of nitrogens with one attached hydrogen (secondary N) is 1. The zero-order chi connectivity index (χ0) is 19.1. The predicted octanol–water partition coefficient (Wildman–Crippen LogP) is 0.453. The molecular formula is C17H18N2O6S. The summed E-state index contributed by atoms with van der Waals surface area (Å²) in [5.74, 6) is -2.29. The van der Waals surface area contributed by atoms with Gasteiger partial charge in [-0.1, -0.05) is 30.3 Å². The van der Waals surface area contributed by atoms with Gasteiger partial charge in [0.15, 0.2) is 6.10 Å². The number of methoxy groups -OCH3 is 1. The quantitative estimate of drug-likeness (QED) is 0.503. The number of carboxylic acids is 1. The summed E-state index contributed by atoms with van der Waals surface area (Å²) in [6.45, 7) is 1.64. The maximum atomic E-state index is 12.7. The molecule has 0 spiro atoms. The number of nitrogens with zero attached hydrogens (tertiary/aromatic N) is 1. The molecule has 9 heteroatoms. The van der Waals surface area contributed by atoms with E-state index in [9.17, 15) is 24.6 Å². The van der Waals surface area contributed by atoms with Crippen molar-refractivity contribution >= 4 is 29.5 Å². The van der Waals surface area contributed by atoms with Gasteiger partial charge in [-0.15, -0.1) is 11.8 Å². The number of benzene rings is 1. The van der Waals surface area contributed by atoms with Crippen LogP contribution in [0.25, 0.3) is 0 Å². The van der Waals surface area contributed by atoms with Crippen molar-refractivity contribution in [3.05, 3.63) is 47.2 Å². The van der Waals surface area contributed by atoms with Gasteiger partial charge < -0.3 is 20.3 Å². The molecule has 1 aromatic rings. The minimum Gasteiger partial charge on any atom is -0.477 e. The maximum Gasteiger partial charge on any atom is 0.352 e. The molecule has 2 aliphatic heterocycles. The minimum absolute atomic E-state index is 0.0933. The first-order valence-electron chi connectivity index (χ1n) is 7.82. The lowest BCUT2D eigenvalue weighted by Crippen LogP contribution is -2.80. The average molecular weight is 378 g/mol. The van der Waals surface area contributed by atoms with Crippen molar-refractivity contribution in [2.75, 3.05) is 12.9 Å². The van der Waals surface area contributed by atoms with Crippen molar-refractivity contribution in [3.63, 3.8) is 0 Å². The number of carboxylic acid groups (broad SMARTS) is 1. The Kier molecular flexibility index (Phi) is 4.78. The Labute approximate surface area is 153 Å². The van der Waals surface area contributed by atoms with Gasteiger partial charge in [-0.25, -0.2) is 4.79 Å². The molecule has 3 rings (SSSR count). The van der Waals surface area contributed by atoms with E-state index in [4.69, 9.17) is 4.74 Å². The fraction of sp³-hybridized carbons (Fsp3) is 0.353. The predicted molar refractivity (Wildman–Crippen MR) is 92.7 cm³/mol. The molecule has 0 aliphatic carbocycles. The Balaban J connectivity index is 1.84. The number of hydrogen-bond acceptors (Lipinski definition) is 6. The number of aliphatic carboxylic acids is 1. The van der Waals surface area contributed by atoms with E-state index in [2.05, 4.69) is 5.32 Å². The number of thioether (sulfide) groups is 1. The Morgan fingerprint density at radius 1 is 1.38 bits per heavy atom. The summed E-state index contributed by atoms with van der Waals surface area (Å²) in [4.78, 5) is 37.8. The standard InChI is InChI=1S/C17H18N2O6S/c1-9-8-26-16-17(25-2,15(24)19(16)11(9)14(22)23)18-13(21)12(20)10-6-4-3-5-7-10/h3-7,12,16,20H,8H2,1-2H3,(H,18,21)(H,22,23)/t12?,16-,17?/m1/s1. The number of fused-ring (bicyclic) bond motifs is 1. The smallest absolute Gasteiger partial charge is 0.352 e. The van der Waals surface area contributed by atoms with E-state index in [0.29, 0.717) is 16.9 Å². The largest absolute Gasteiger partial charge is 0.477 e. The van der Waals surface area contributed by atoms with Crippen LogP contribution in [0.1, 0.15) is 18.6 Å². The molecule has 2 unspecified atom stereocenters. The second-order valence-corrected chi connectivity index (χ2v) is 7.08. The maximum absolute atomic E-state index is 12.7. The van der Waals surface area contributed by atoms with Crippen LogP contribution >= 0.6 is 11.8 Å². The van der Waals surface area contributed by atoms with E-state index in [0.717, 1.165) is 4.90 Å². The second-order valence-electron chi connectivity index (χ2n) is 6.01. The van der Waals surface area contributed by atoms with Crippen molar-refractivity contribution in [1.29, 1.82) is 0 Å². The van der Waals surface area contributed by atoms with E-state index in [1.165, 1.54) is 18.9 Å². The Morgan fingerprint density at radius 3 is 2.62 bits per heavy atom. The highest BCUT2D eigenvalue weighted by molar-refractivity contribution is 8.00. The Hall–Kier alpha value is -2.36. The fourth-order valence-electron chi connectivity index (χ4n) is 3.07. The molecule has 2 amide bonds. The van der Waals surface area contributed by atoms with Crippen LogP contribution in [0.5, 0.6) is 0 Å². The second kappa shape index (κ2) is 6.75. The number of aliphatic hydroxyl groups excluding tert-OH is 1. The van der Waals surface area contributed by atoms with Crippen LogP contribution in [0.15, 0.2) is 41.6 Å². The SMILES string of the molecule is COC1(NC(=O)C(O)c2ccccc2)C(=O)N2C(C(=O)O)=C(C)CS[C@@H]21. The molecule has 2 heterocycles. The van der Waals surface area contributed by atoms with Gasteiger partial charge in [0.25, 0.3) is 17.5 Å². The van der Waals surface area contributed by atoms with Crippen molar-refractivity contribution in [2.24, 2.45) is 0 Å². The number of carbonyl (C=O) groups is 3. The van der Waals surface area contributed by atoms with E-state index in [-0.39, 0.29) is 5.70 Å². The van der Waals surface area contributed by atoms with E-state index >= 15 is 0 Å². The van der Waals surface area contributed by atoms with Gasteiger partial charge in [0.2, 0.25) is 0 Å². The van der Waals surface area contributed by atoms with Crippen molar-refractivity contribution in [1.82, 2.24) is 10.2 Å². The molecule has 26 heavy (non-hydrogen) atoms. The van der Waals surface area contributed by atoms with Crippen molar-refractivity contribution in [2.45, 2.75) is 24.1 Å². The highest BCUT2D eigenvalue weighted by Gasteiger charge is 2.66. The molecule has 3 N–H and O–H groups in total. The minimum atomic E-state index is -1.71. The van der Waals surface area contributed by atoms with Crippen LogP contribution < -0.4 is 5.32 Å². The molecule has 1 saturated heterocycles. The lowest BCUT2D eigenvalue weighted by atomic mass is 9.97. The first-order chi connectivity index (χ1) is 12.3.